The van der Waals surface area contributed by atoms with E-state index in [-0.39, 0.29) is 0 Å². The van der Waals surface area contributed by atoms with E-state index in [0.29, 0.717) is 12.1 Å². The predicted molar refractivity (Wildman–Crippen MR) is 56.2 cm³/mol. The molecule has 1 aromatic carbocycles. The molecule has 0 saturated carbocycles. The molecule has 0 atom stereocenters. The van der Waals surface area contributed by atoms with Gasteiger partial charge in [0.15, 0.2) is 0 Å². The summed E-state index contributed by atoms with van der Waals surface area (Å²) < 4.78 is 1.71. The first-order valence-electron chi connectivity index (χ1n) is 4.57. The molecule has 0 aliphatic heterocycles. The van der Waals surface area contributed by atoms with Gasteiger partial charge < -0.3 is 5.73 Å². The molecular formula is C11H10N4. The Labute approximate surface area is 87.6 Å². The lowest BCUT2D eigenvalue weighted by molar-refractivity contribution is 0.879. The SMILES string of the molecule is N#Cc1cccc(-n2cc(CN)cn2)c1. The highest BCUT2D eigenvalue weighted by Gasteiger charge is 2.00. The monoisotopic (exact) mass is 198 g/mol. The number of hydrogen-bond acceptors (Lipinski definition) is 3. The van der Waals surface area contributed by atoms with Crippen molar-refractivity contribution in [2.24, 2.45) is 5.73 Å². The van der Waals surface area contributed by atoms with Crippen molar-refractivity contribution in [1.29, 1.82) is 5.26 Å². The molecule has 4 heteroatoms. The van der Waals surface area contributed by atoms with Crippen molar-refractivity contribution in [3.63, 3.8) is 0 Å². The van der Waals surface area contributed by atoms with Gasteiger partial charge in [0.05, 0.1) is 23.5 Å². The van der Waals surface area contributed by atoms with Crippen molar-refractivity contribution in [2.45, 2.75) is 6.54 Å². The summed E-state index contributed by atoms with van der Waals surface area (Å²) in [6.45, 7) is 0.470. The minimum atomic E-state index is 0.470. The van der Waals surface area contributed by atoms with Gasteiger partial charge in [-0.15, -0.1) is 0 Å². The molecule has 0 saturated heterocycles. The first-order valence-corrected chi connectivity index (χ1v) is 4.57. The van der Waals surface area contributed by atoms with Gasteiger partial charge in [-0.2, -0.15) is 10.4 Å². The fourth-order valence-corrected chi connectivity index (χ4v) is 1.32. The van der Waals surface area contributed by atoms with Crippen LogP contribution in [0.15, 0.2) is 36.7 Å². The molecule has 0 spiro atoms. The van der Waals surface area contributed by atoms with Gasteiger partial charge >= 0.3 is 0 Å². The summed E-state index contributed by atoms with van der Waals surface area (Å²) in [5, 5.41) is 12.9. The molecule has 0 aliphatic rings. The molecule has 0 unspecified atom stereocenters. The van der Waals surface area contributed by atoms with Gasteiger partial charge in [-0.3, -0.25) is 0 Å². The van der Waals surface area contributed by atoms with Crippen LogP contribution in [0, 0.1) is 11.3 Å². The van der Waals surface area contributed by atoms with E-state index >= 15 is 0 Å². The van der Waals surface area contributed by atoms with Crippen molar-refractivity contribution < 1.29 is 0 Å². The minimum Gasteiger partial charge on any atom is -0.326 e. The smallest absolute Gasteiger partial charge is 0.0992 e. The van der Waals surface area contributed by atoms with Crippen LogP contribution in [-0.2, 0) is 6.54 Å². The summed E-state index contributed by atoms with van der Waals surface area (Å²) in [7, 11) is 0. The number of benzene rings is 1. The van der Waals surface area contributed by atoms with Gasteiger partial charge in [-0.05, 0) is 18.2 Å². The van der Waals surface area contributed by atoms with Gasteiger partial charge in [0.1, 0.15) is 0 Å². The van der Waals surface area contributed by atoms with E-state index in [1.54, 1.807) is 23.0 Å². The van der Waals surface area contributed by atoms with Crippen molar-refractivity contribution in [1.82, 2.24) is 9.78 Å². The minimum absolute atomic E-state index is 0.470. The molecule has 0 amide bonds. The molecule has 0 aliphatic carbocycles. The fraction of sp³-hybridized carbons (Fsp3) is 0.0909. The third-order valence-electron chi connectivity index (χ3n) is 2.11. The lowest BCUT2D eigenvalue weighted by atomic mass is 10.2. The van der Waals surface area contributed by atoms with Crippen LogP contribution in [0.1, 0.15) is 11.1 Å². The Bertz CT molecular complexity index is 507. The highest BCUT2D eigenvalue weighted by atomic mass is 15.3. The summed E-state index contributed by atoms with van der Waals surface area (Å²) in [4.78, 5) is 0. The zero-order valence-electron chi connectivity index (χ0n) is 8.09. The molecule has 2 N–H and O–H groups in total. The standard InChI is InChI=1S/C11H10N4/c12-5-9-2-1-3-11(4-9)15-8-10(6-13)7-14-15/h1-4,7-8H,6,13H2. The average Bonchev–Trinajstić information content (AvgIpc) is 2.78. The van der Waals surface area contributed by atoms with Crippen LogP contribution in [0.5, 0.6) is 0 Å². The Balaban J connectivity index is 2.41. The Hall–Kier alpha value is -2.12. The quantitative estimate of drug-likeness (QED) is 0.788. The zero-order chi connectivity index (χ0) is 10.7. The molecule has 0 fully saturated rings. The topological polar surface area (TPSA) is 67.6 Å². The molecule has 0 radical (unpaired) electrons. The number of nitriles is 1. The molecule has 74 valence electrons. The second-order valence-electron chi connectivity index (χ2n) is 3.16. The molecule has 0 bridgehead atoms. The summed E-state index contributed by atoms with van der Waals surface area (Å²) in [6, 6.07) is 9.37. The third kappa shape index (κ3) is 1.87. The molecule has 1 heterocycles. The van der Waals surface area contributed by atoms with E-state index in [1.165, 1.54) is 0 Å². The summed E-state index contributed by atoms with van der Waals surface area (Å²) in [6.07, 6.45) is 3.58. The zero-order valence-corrected chi connectivity index (χ0v) is 8.09. The van der Waals surface area contributed by atoms with Crippen molar-refractivity contribution in [3.05, 3.63) is 47.8 Å². The number of hydrogen-bond donors (Lipinski definition) is 1. The molecule has 4 nitrogen and oxygen atoms in total. The van der Waals surface area contributed by atoms with Gasteiger partial charge in [-0.25, -0.2) is 4.68 Å². The average molecular weight is 198 g/mol. The largest absolute Gasteiger partial charge is 0.326 e. The van der Waals surface area contributed by atoms with Gasteiger partial charge in [0.25, 0.3) is 0 Å². The van der Waals surface area contributed by atoms with E-state index in [9.17, 15) is 0 Å². The van der Waals surface area contributed by atoms with Crippen molar-refractivity contribution in [3.8, 4) is 11.8 Å². The first kappa shape index (κ1) is 9.44. The van der Waals surface area contributed by atoms with Gasteiger partial charge in [-0.1, -0.05) is 6.07 Å². The van der Waals surface area contributed by atoms with E-state index in [0.717, 1.165) is 11.3 Å². The van der Waals surface area contributed by atoms with E-state index in [1.807, 2.05) is 18.3 Å². The first-order chi connectivity index (χ1) is 7.33. The third-order valence-corrected chi connectivity index (χ3v) is 2.11. The normalized spacial score (nSPS) is 9.87. The van der Waals surface area contributed by atoms with E-state index in [4.69, 9.17) is 11.0 Å². The fourth-order valence-electron chi connectivity index (χ4n) is 1.32. The second kappa shape index (κ2) is 3.95. The maximum Gasteiger partial charge on any atom is 0.0992 e. The highest BCUT2D eigenvalue weighted by molar-refractivity contribution is 5.40. The summed E-state index contributed by atoms with van der Waals surface area (Å²) in [5.74, 6) is 0. The molecule has 15 heavy (non-hydrogen) atoms. The van der Waals surface area contributed by atoms with Gasteiger partial charge in [0, 0.05) is 18.3 Å². The number of nitrogens with two attached hydrogens (primary N) is 1. The highest BCUT2D eigenvalue weighted by Crippen LogP contribution is 2.10. The van der Waals surface area contributed by atoms with Crippen LogP contribution in [0.25, 0.3) is 5.69 Å². The van der Waals surface area contributed by atoms with Gasteiger partial charge in [0.2, 0.25) is 0 Å². The number of aromatic nitrogens is 2. The van der Waals surface area contributed by atoms with Crippen LogP contribution >= 0.6 is 0 Å². The predicted octanol–water partition coefficient (Wildman–Crippen LogP) is 1.20. The molecule has 1 aromatic heterocycles. The van der Waals surface area contributed by atoms with E-state index < -0.39 is 0 Å². The van der Waals surface area contributed by atoms with Crippen molar-refractivity contribution >= 4 is 0 Å². The maximum absolute atomic E-state index is 8.76. The van der Waals surface area contributed by atoms with Crippen LogP contribution in [0.2, 0.25) is 0 Å². The molecular weight excluding hydrogens is 188 g/mol. The Kier molecular flexibility index (Phi) is 2.48. The number of rotatable bonds is 2. The van der Waals surface area contributed by atoms with Crippen molar-refractivity contribution in [2.75, 3.05) is 0 Å². The Morgan fingerprint density at radius 2 is 2.33 bits per heavy atom. The van der Waals surface area contributed by atoms with Crippen LogP contribution in [-0.4, -0.2) is 9.78 Å². The second-order valence-corrected chi connectivity index (χ2v) is 3.16. The summed E-state index contributed by atoms with van der Waals surface area (Å²) >= 11 is 0. The van der Waals surface area contributed by atoms with Crippen LogP contribution in [0.3, 0.4) is 0 Å². The number of nitrogens with zero attached hydrogens (tertiary/aromatic N) is 3. The molecule has 2 aromatic rings. The molecule has 2 rings (SSSR count). The van der Waals surface area contributed by atoms with E-state index in [2.05, 4.69) is 11.2 Å². The Morgan fingerprint density at radius 3 is 3.00 bits per heavy atom. The lowest BCUT2D eigenvalue weighted by Gasteiger charge is -2.00. The van der Waals surface area contributed by atoms with Crippen LogP contribution in [0.4, 0.5) is 0 Å². The van der Waals surface area contributed by atoms with Crippen LogP contribution < -0.4 is 5.73 Å². The Morgan fingerprint density at radius 1 is 1.47 bits per heavy atom. The maximum atomic E-state index is 8.76. The summed E-state index contributed by atoms with van der Waals surface area (Å²) in [5.41, 5.74) is 7.95. The lowest BCUT2D eigenvalue weighted by Crippen LogP contribution is -1.96.